The standard InChI is InChI=1S/C19H22F3N3O2S/c1-18(2,12-5-3-6-13(9-12)19(20,21)22)11-24-16(26)10-14(25-17(23)27)15-7-4-8-28-15/h3-9,14H,10-11H2,1-2H3,(H,24,26)(H3,23,25,27). The van der Waals surface area contributed by atoms with Crippen LogP contribution in [0.15, 0.2) is 41.8 Å². The second-order valence-electron chi connectivity index (χ2n) is 7.02. The number of nitrogens with one attached hydrogen (secondary N) is 2. The predicted molar refractivity (Wildman–Crippen MR) is 102 cm³/mol. The summed E-state index contributed by atoms with van der Waals surface area (Å²) in [5.41, 5.74) is 4.20. The number of rotatable bonds is 7. The van der Waals surface area contributed by atoms with E-state index in [2.05, 4.69) is 10.6 Å². The molecule has 0 saturated heterocycles. The van der Waals surface area contributed by atoms with Gasteiger partial charge in [-0.2, -0.15) is 13.2 Å². The number of primary amides is 1. The number of urea groups is 1. The molecule has 1 heterocycles. The van der Waals surface area contributed by atoms with Crippen LogP contribution < -0.4 is 16.4 Å². The number of thiophene rings is 1. The Morgan fingerprint density at radius 3 is 2.39 bits per heavy atom. The number of carbonyl (C=O) groups excluding carboxylic acids is 2. The minimum Gasteiger partial charge on any atom is -0.355 e. The van der Waals surface area contributed by atoms with E-state index in [4.69, 9.17) is 5.73 Å². The Labute approximate surface area is 165 Å². The summed E-state index contributed by atoms with van der Waals surface area (Å²) in [6.07, 6.45) is -4.45. The second-order valence-corrected chi connectivity index (χ2v) is 8.00. The lowest BCUT2D eigenvalue weighted by atomic mass is 9.83. The molecule has 1 unspecified atom stereocenters. The summed E-state index contributed by atoms with van der Waals surface area (Å²) in [4.78, 5) is 24.3. The van der Waals surface area contributed by atoms with Crippen LogP contribution in [0.2, 0.25) is 0 Å². The minimum absolute atomic E-state index is 0.0257. The molecule has 1 aromatic heterocycles. The largest absolute Gasteiger partial charge is 0.416 e. The number of halogens is 3. The van der Waals surface area contributed by atoms with Crippen LogP contribution in [0.25, 0.3) is 0 Å². The number of nitrogens with two attached hydrogens (primary N) is 1. The quantitative estimate of drug-likeness (QED) is 0.642. The molecule has 0 spiro atoms. The Morgan fingerprint density at radius 1 is 1.14 bits per heavy atom. The smallest absolute Gasteiger partial charge is 0.355 e. The van der Waals surface area contributed by atoms with E-state index in [1.807, 2.05) is 5.38 Å². The Kier molecular flexibility index (Phi) is 6.71. The third-order valence-electron chi connectivity index (χ3n) is 4.29. The van der Waals surface area contributed by atoms with Gasteiger partial charge in [0.2, 0.25) is 5.91 Å². The molecule has 0 fully saturated rings. The van der Waals surface area contributed by atoms with Crippen molar-refractivity contribution in [2.45, 2.75) is 37.9 Å². The molecule has 1 aromatic carbocycles. The fourth-order valence-corrected chi connectivity index (χ4v) is 3.46. The maximum atomic E-state index is 12.9. The van der Waals surface area contributed by atoms with Crippen molar-refractivity contribution < 1.29 is 22.8 Å². The Balaban J connectivity index is 2.03. The first-order valence-corrected chi connectivity index (χ1v) is 9.41. The summed E-state index contributed by atoms with van der Waals surface area (Å²) in [7, 11) is 0. The number of amides is 3. The Morgan fingerprint density at radius 2 is 1.82 bits per heavy atom. The molecule has 2 aromatic rings. The third kappa shape index (κ3) is 5.98. The van der Waals surface area contributed by atoms with Crippen LogP contribution in [-0.2, 0) is 16.4 Å². The van der Waals surface area contributed by atoms with Gasteiger partial charge in [-0.05, 0) is 23.1 Å². The summed E-state index contributed by atoms with van der Waals surface area (Å²) in [6, 6.07) is 7.34. The highest BCUT2D eigenvalue weighted by Crippen LogP contribution is 2.32. The number of benzene rings is 1. The molecule has 0 aliphatic heterocycles. The summed E-state index contributed by atoms with van der Waals surface area (Å²) in [6.45, 7) is 3.64. The van der Waals surface area contributed by atoms with Crippen LogP contribution in [0.5, 0.6) is 0 Å². The summed E-state index contributed by atoms with van der Waals surface area (Å²) in [5, 5.41) is 7.09. The van der Waals surface area contributed by atoms with Gasteiger partial charge in [-0.3, -0.25) is 4.79 Å². The van der Waals surface area contributed by atoms with Crippen molar-refractivity contribution in [2.75, 3.05) is 6.54 Å². The van der Waals surface area contributed by atoms with Gasteiger partial charge < -0.3 is 16.4 Å². The van der Waals surface area contributed by atoms with E-state index in [0.29, 0.717) is 5.56 Å². The van der Waals surface area contributed by atoms with Crippen molar-refractivity contribution in [2.24, 2.45) is 5.73 Å². The van der Waals surface area contributed by atoms with Crippen molar-refractivity contribution in [3.63, 3.8) is 0 Å². The third-order valence-corrected chi connectivity index (χ3v) is 5.28. The highest BCUT2D eigenvalue weighted by atomic mass is 32.1. The molecule has 0 saturated carbocycles. The molecule has 2 rings (SSSR count). The number of carbonyl (C=O) groups is 2. The van der Waals surface area contributed by atoms with Crippen molar-refractivity contribution in [3.8, 4) is 0 Å². The van der Waals surface area contributed by atoms with Crippen molar-refractivity contribution in [3.05, 3.63) is 57.8 Å². The summed E-state index contributed by atoms with van der Waals surface area (Å²) in [5.74, 6) is -0.341. The van der Waals surface area contributed by atoms with E-state index in [-0.39, 0.29) is 18.9 Å². The molecule has 0 aliphatic rings. The molecule has 4 N–H and O–H groups in total. The molecule has 28 heavy (non-hydrogen) atoms. The number of hydrogen-bond acceptors (Lipinski definition) is 3. The predicted octanol–water partition coefficient (Wildman–Crippen LogP) is 3.96. The van der Waals surface area contributed by atoms with Crippen LogP contribution in [-0.4, -0.2) is 18.5 Å². The SMILES string of the molecule is CC(C)(CNC(=O)CC(NC(N)=O)c1cccs1)c1cccc(C(F)(F)F)c1. The fraction of sp³-hybridized carbons (Fsp3) is 0.368. The molecular weight excluding hydrogens is 391 g/mol. The lowest BCUT2D eigenvalue weighted by Gasteiger charge is -2.27. The topological polar surface area (TPSA) is 84.2 Å². The van der Waals surface area contributed by atoms with E-state index in [1.54, 1.807) is 32.0 Å². The molecule has 5 nitrogen and oxygen atoms in total. The first kappa shape index (κ1) is 21.7. The molecule has 0 bridgehead atoms. The van der Waals surface area contributed by atoms with Gasteiger partial charge in [0.05, 0.1) is 18.0 Å². The summed E-state index contributed by atoms with van der Waals surface area (Å²) >= 11 is 1.38. The zero-order valence-corrected chi connectivity index (χ0v) is 16.3. The molecule has 9 heteroatoms. The lowest BCUT2D eigenvalue weighted by Crippen LogP contribution is -2.40. The van der Waals surface area contributed by atoms with Crippen LogP contribution in [0, 0.1) is 0 Å². The van der Waals surface area contributed by atoms with Gasteiger partial charge in [-0.1, -0.05) is 38.1 Å². The van der Waals surface area contributed by atoms with Gasteiger partial charge in [-0.25, -0.2) is 4.79 Å². The minimum atomic E-state index is -4.43. The molecular formula is C19H22F3N3O2S. The average Bonchev–Trinajstić information content (AvgIpc) is 3.13. The van der Waals surface area contributed by atoms with Gasteiger partial charge in [0.1, 0.15) is 0 Å². The van der Waals surface area contributed by atoms with E-state index < -0.39 is 29.2 Å². The fourth-order valence-electron chi connectivity index (χ4n) is 2.68. The van der Waals surface area contributed by atoms with Crippen LogP contribution >= 0.6 is 11.3 Å². The normalized spacial score (nSPS) is 13.0. The maximum absolute atomic E-state index is 12.9. The first-order valence-electron chi connectivity index (χ1n) is 8.53. The molecule has 152 valence electrons. The van der Waals surface area contributed by atoms with Crippen LogP contribution in [0.1, 0.15) is 42.3 Å². The molecule has 1 atom stereocenters. The highest BCUT2D eigenvalue weighted by molar-refractivity contribution is 7.10. The first-order chi connectivity index (χ1) is 13.0. The van der Waals surface area contributed by atoms with Gasteiger partial charge >= 0.3 is 12.2 Å². The Bertz CT molecular complexity index is 820. The average molecular weight is 413 g/mol. The van der Waals surface area contributed by atoms with E-state index in [0.717, 1.165) is 17.0 Å². The molecule has 3 amide bonds. The zero-order valence-electron chi connectivity index (χ0n) is 15.5. The number of hydrogen-bond donors (Lipinski definition) is 3. The monoisotopic (exact) mass is 413 g/mol. The molecule has 0 aliphatic carbocycles. The van der Waals surface area contributed by atoms with Gasteiger partial charge in [0.25, 0.3) is 0 Å². The maximum Gasteiger partial charge on any atom is 0.416 e. The number of alkyl halides is 3. The molecule has 0 radical (unpaired) electrons. The zero-order chi connectivity index (χ0) is 20.9. The lowest BCUT2D eigenvalue weighted by molar-refractivity contribution is -0.137. The van der Waals surface area contributed by atoms with Gasteiger partial charge in [0.15, 0.2) is 0 Å². The van der Waals surface area contributed by atoms with Gasteiger partial charge in [-0.15, -0.1) is 11.3 Å². The van der Waals surface area contributed by atoms with Crippen molar-refractivity contribution in [1.29, 1.82) is 0 Å². The second kappa shape index (κ2) is 8.64. The summed E-state index contributed by atoms with van der Waals surface area (Å²) < 4.78 is 38.8. The van der Waals surface area contributed by atoms with Gasteiger partial charge in [0, 0.05) is 16.8 Å². The van der Waals surface area contributed by atoms with Crippen molar-refractivity contribution in [1.82, 2.24) is 10.6 Å². The van der Waals surface area contributed by atoms with Crippen LogP contribution in [0.4, 0.5) is 18.0 Å². The Hall–Kier alpha value is -2.55. The highest BCUT2D eigenvalue weighted by Gasteiger charge is 2.32. The van der Waals surface area contributed by atoms with E-state index in [1.165, 1.54) is 17.4 Å². The van der Waals surface area contributed by atoms with E-state index >= 15 is 0 Å². The van der Waals surface area contributed by atoms with Crippen molar-refractivity contribution >= 4 is 23.3 Å². The van der Waals surface area contributed by atoms with E-state index in [9.17, 15) is 22.8 Å². The van der Waals surface area contributed by atoms with Crippen LogP contribution in [0.3, 0.4) is 0 Å².